The molecule has 0 saturated heterocycles. The third-order valence-corrected chi connectivity index (χ3v) is 5.02. The molecule has 0 aliphatic carbocycles. The lowest BCUT2D eigenvalue weighted by Gasteiger charge is -2.17. The van der Waals surface area contributed by atoms with E-state index in [2.05, 4.69) is 20.3 Å². The molecule has 0 saturated carbocycles. The number of amides is 1. The molecule has 152 valence electrons. The molecule has 1 N–H and O–H groups in total. The molecule has 1 aromatic heterocycles. The maximum absolute atomic E-state index is 12.3. The van der Waals surface area contributed by atoms with E-state index in [0.29, 0.717) is 18.1 Å². The van der Waals surface area contributed by atoms with Gasteiger partial charge in [0.15, 0.2) is 0 Å². The fourth-order valence-corrected chi connectivity index (χ4v) is 3.48. The lowest BCUT2D eigenvalue weighted by atomic mass is 10.1. The maximum Gasteiger partial charge on any atom is 0.265 e. The SMILES string of the molecule is O=C1CN2CC=C/C2=C/Oc2ccc3ncnc(c3c2)Nc2ccccc2/C=C\C=N1. The zero-order valence-electron chi connectivity index (χ0n) is 16.6. The Labute approximate surface area is 179 Å². The summed E-state index contributed by atoms with van der Waals surface area (Å²) >= 11 is 0. The molecule has 31 heavy (non-hydrogen) atoms. The van der Waals surface area contributed by atoms with E-state index in [1.165, 1.54) is 12.5 Å². The average molecular weight is 409 g/mol. The van der Waals surface area contributed by atoms with Crippen molar-refractivity contribution < 1.29 is 9.53 Å². The zero-order chi connectivity index (χ0) is 21.0. The molecule has 3 heterocycles. The predicted octanol–water partition coefficient (Wildman–Crippen LogP) is 4.09. The first kappa shape index (κ1) is 18.7. The van der Waals surface area contributed by atoms with Crippen molar-refractivity contribution in [3.63, 3.8) is 0 Å². The Bertz CT molecular complexity index is 1280. The Morgan fingerprint density at radius 1 is 1.06 bits per heavy atom. The van der Waals surface area contributed by atoms with Crippen LogP contribution in [-0.2, 0) is 4.79 Å². The van der Waals surface area contributed by atoms with Gasteiger partial charge in [-0.15, -0.1) is 0 Å². The van der Waals surface area contributed by atoms with Crippen molar-refractivity contribution in [3.8, 4) is 5.75 Å². The largest absolute Gasteiger partial charge is 0.463 e. The molecule has 0 radical (unpaired) electrons. The van der Waals surface area contributed by atoms with Gasteiger partial charge < -0.3 is 15.0 Å². The summed E-state index contributed by atoms with van der Waals surface area (Å²) in [6.45, 7) is 0.819. The number of aromatic nitrogens is 2. The lowest BCUT2D eigenvalue weighted by Crippen LogP contribution is -2.25. The molecule has 7 heteroatoms. The average Bonchev–Trinajstić information content (AvgIpc) is 3.23. The first-order chi connectivity index (χ1) is 15.3. The summed E-state index contributed by atoms with van der Waals surface area (Å²) in [5.74, 6) is 1.11. The number of carbonyl (C=O) groups excluding carboxylic acids is 1. The minimum absolute atomic E-state index is 0.181. The first-order valence-electron chi connectivity index (χ1n) is 9.89. The van der Waals surface area contributed by atoms with Crippen LogP contribution in [0.5, 0.6) is 5.75 Å². The monoisotopic (exact) mass is 409 g/mol. The second-order valence-electron chi connectivity index (χ2n) is 7.09. The van der Waals surface area contributed by atoms with Crippen LogP contribution in [0.3, 0.4) is 0 Å². The highest BCUT2D eigenvalue weighted by atomic mass is 16.5. The topological polar surface area (TPSA) is 79.7 Å². The summed E-state index contributed by atoms with van der Waals surface area (Å²) in [7, 11) is 0. The number of allylic oxidation sites excluding steroid dienone is 2. The van der Waals surface area contributed by atoms with Crippen LogP contribution < -0.4 is 10.1 Å². The molecule has 5 rings (SSSR count). The van der Waals surface area contributed by atoms with E-state index >= 15 is 0 Å². The van der Waals surface area contributed by atoms with Crippen molar-refractivity contribution in [3.05, 3.63) is 84.5 Å². The van der Waals surface area contributed by atoms with Gasteiger partial charge in [0.05, 0.1) is 17.8 Å². The number of para-hydroxylation sites is 1. The van der Waals surface area contributed by atoms with Gasteiger partial charge in [0, 0.05) is 23.8 Å². The number of aliphatic imine (C=N–C) groups is 1. The smallest absolute Gasteiger partial charge is 0.265 e. The molecule has 0 spiro atoms. The summed E-state index contributed by atoms with van der Waals surface area (Å²) in [4.78, 5) is 27.0. The number of hydrogen-bond acceptors (Lipinski definition) is 6. The Morgan fingerprint density at radius 3 is 2.97 bits per heavy atom. The van der Waals surface area contributed by atoms with Crippen molar-refractivity contribution in [2.75, 3.05) is 18.4 Å². The van der Waals surface area contributed by atoms with Crippen LogP contribution in [0, 0.1) is 0 Å². The third-order valence-electron chi connectivity index (χ3n) is 5.02. The minimum atomic E-state index is -0.223. The Morgan fingerprint density at radius 2 is 2.00 bits per heavy atom. The number of rotatable bonds is 0. The second-order valence-corrected chi connectivity index (χ2v) is 7.09. The van der Waals surface area contributed by atoms with Crippen molar-refractivity contribution in [1.29, 1.82) is 0 Å². The fourth-order valence-electron chi connectivity index (χ4n) is 3.48. The molecule has 2 aliphatic heterocycles. The number of nitrogens with one attached hydrogen (secondary N) is 1. The number of hydrogen-bond donors (Lipinski definition) is 1. The standard InChI is InChI=1S/C24H19N5O2/c30-23-14-29-12-4-7-18(29)15-31-19-9-10-22-20(13-19)24(27-16-26-22)28-21-8-2-1-5-17(21)6-3-11-25-23/h1-11,13,15-16H,12,14H2,(H,26,27,28)/b6-3-,18-15-,25-11?. The van der Waals surface area contributed by atoms with E-state index in [-0.39, 0.29) is 12.5 Å². The van der Waals surface area contributed by atoms with Gasteiger partial charge in [0.1, 0.15) is 24.2 Å². The van der Waals surface area contributed by atoms with Crippen LogP contribution in [0.1, 0.15) is 5.56 Å². The van der Waals surface area contributed by atoms with Gasteiger partial charge in [-0.25, -0.2) is 15.0 Å². The maximum atomic E-state index is 12.3. The van der Waals surface area contributed by atoms with Gasteiger partial charge in [0.25, 0.3) is 5.91 Å². The van der Waals surface area contributed by atoms with Crippen LogP contribution in [0.4, 0.5) is 11.5 Å². The molecule has 0 fully saturated rings. The minimum Gasteiger partial charge on any atom is -0.463 e. The third kappa shape index (κ3) is 4.06. The van der Waals surface area contributed by atoms with Gasteiger partial charge >= 0.3 is 0 Å². The summed E-state index contributed by atoms with van der Waals surface area (Å²) in [6.07, 6.45) is 12.3. The first-order valence-corrected chi connectivity index (χ1v) is 9.89. The number of nitrogens with zero attached hydrogens (tertiary/aromatic N) is 4. The van der Waals surface area contributed by atoms with Gasteiger partial charge in [0.2, 0.25) is 0 Å². The van der Waals surface area contributed by atoms with Crippen molar-refractivity contribution in [2.45, 2.75) is 0 Å². The van der Waals surface area contributed by atoms with Crippen molar-refractivity contribution >= 4 is 40.6 Å². The Balaban J connectivity index is 1.61. The normalized spacial score (nSPS) is 18.5. The summed E-state index contributed by atoms with van der Waals surface area (Å²) in [5, 5.41) is 4.24. The molecule has 7 nitrogen and oxygen atoms in total. The highest BCUT2D eigenvalue weighted by Crippen LogP contribution is 2.29. The Kier molecular flexibility index (Phi) is 4.98. The van der Waals surface area contributed by atoms with E-state index in [9.17, 15) is 4.79 Å². The molecule has 3 aromatic rings. The fraction of sp³-hybridized carbons (Fsp3) is 0.0833. The van der Waals surface area contributed by atoms with E-state index in [4.69, 9.17) is 4.74 Å². The van der Waals surface area contributed by atoms with Crippen LogP contribution >= 0.6 is 0 Å². The van der Waals surface area contributed by atoms with E-state index < -0.39 is 0 Å². The highest BCUT2D eigenvalue weighted by Gasteiger charge is 2.15. The Hall–Kier alpha value is -4.26. The summed E-state index contributed by atoms with van der Waals surface area (Å²) in [6, 6.07) is 13.5. The molecular formula is C24H19N5O2. The molecule has 2 bridgehead atoms. The molecule has 1 amide bonds. The van der Waals surface area contributed by atoms with Gasteiger partial charge in [-0.1, -0.05) is 30.4 Å². The van der Waals surface area contributed by atoms with Crippen LogP contribution in [0.2, 0.25) is 0 Å². The quantitative estimate of drug-likeness (QED) is 0.602. The van der Waals surface area contributed by atoms with E-state index in [1.54, 1.807) is 12.3 Å². The van der Waals surface area contributed by atoms with Gasteiger partial charge in [-0.2, -0.15) is 0 Å². The van der Waals surface area contributed by atoms with E-state index in [1.807, 2.05) is 65.6 Å². The summed E-state index contributed by atoms with van der Waals surface area (Å²) < 4.78 is 5.91. The van der Waals surface area contributed by atoms with Crippen LogP contribution in [0.15, 0.2) is 84.0 Å². The molecule has 0 atom stereocenters. The lowest BCUT2D eigenvalue weighted by molar-refractivity contribution is -0.118. The van der Waals surface area contributed by atoms with Crippen molar-refractivity contribution in [2.24, 2.45) is 4.99 Å². The van der Waals surface area contributed by atoms with Crippen LogP contribution in [0.25, 0.3) is 17.0 Å². The number of benzene rings is 2. The molecule has 2 aliphatic rings. The van der Waals surface area contributed by atoms with Gasteiger partial charge in [-0.05, 0) is 42.0 Å². The van der Waals surface area contributed by atoms with Crippen molar-refractivity contribution in [1.82, 2.24) is 14.9 Å². The summed E-state index contributed by atoms with van der Waals surface area (Å²) in [5.41, 5.74) is 3.45. The number of ether oxygens (including phenoxy) is 1. The predicted molar refractivity (Wildman–Crippen MR) is 121 cm³/mol. The zero-order valence-corrected chi connectivity index (χ0v) is 16.6. The van der Waals surface area contributed by atoms with E-state index in [0.717, 1.165) is 27.9 Å². The molecule has 0 unspecified atom stereocenters. The number of fused-ring (bicyclic) bond motifs is 3. The highest BCUT2D eigenvalue weighted by molar-refractivity contribution is 5.94. The second kappa shape index (κ2) is 8.23. The van der Waals surface area contributed by atoms with Gasteiger partial charge in [-0.3, -0.25) is 4.79 Å². The molecule has 2 aromatic carbocycles. The number of anilines is 2. The van der Waals surface area contributed by atoms with Crippen LogP contribution in [-0.4, -0.2) is 40.1 Å². The molecular weight excluding hydrogens is 390 g/mol. The number of carbonyl (C=O) groups is 1.